The number of halogens is 4. The number of aryl methyl sites for hydroxylation is 1. The number of nitrogens with zero attached hydrogens (tertiary/aromatic N) is 5. The lowest BCUT2D eigenvalue weighted by molar-refractivity contribution is -0.274. The first-order valence-corrected chi connectivity index (χ1v) is 10.9. The normalized spacial score (nSPS) is 11.7. The first-order valence-electron chi connectivity index (χ1n) is 10.5. The van der Waals surface area contributed by atoms with Gasteiger partial charge in [-0.2, -0.15) is 4.98 Å². The van der Waals surface area contributed by atoms with Gasteiger partial charge in [-0.1, -0.05) is 11.6 Å². The molecule has 3 aromatic heterocycles. The van der Waals surface area contributed by atoms with E-state index in [4.69, 9.17) is 21.4 Å². The number of hydrogen-bond acceptors (Lipinski definition) is 7. The molecule has 0 bridgehead atoms. The van der Waals surface area contributed by atoms with E-state index in [0.717, 1.165) is 16.7 Å². The minimum atomic E-state index is -4.84. The van der Waals surface area contributed by atoms with Crippen molar-refractivity contribution in [3.8, 4) is 17.5 Å². The molecule has 0 spiro atoms. The summed E-state index contributed by atoms with van der Waals surface area (Å²) in [6.07, 6.45) is -3.24. The summed E-state index contributed by atoms with van der Waals surface area (Å²) in [4.78, 5) is 34.6. The van der Waals surface area contributed by atoms with Crippen molar-refractivity contribution >= 4 is 22.8 Å². The van der Waals surface area contributed by atoms with Crippen LogP contribution in [0.25, 0.3) is 11.2 Å². The number of fused-ring (bicyclic) bond motifs is 1. The fourth-order valence-corrected chi connectivity index (χ4v) is 3.59. The van der Waals surface area contributed by atoms with Crippen LogP contribution in [0.3, 0.4) is 0 Å². The minimum absolute atomic E-state index is 0.00567. The first-order chi connectivity index (χ1) is 17.1. The zero-order valence-electron chi connectivity index (χ0n) is 18.7. The molecule has 3 heterocycles. The van der Waals surface area contributed by atoms with Crippen molar-refractivity contribution in [2.75, 3.05) is 6.61 Å². The minimum Gasteiger partial charge on any atom is -0.425 e. The van der Waals surface area contributed by atoms with E-state index < -0.39 is 23.4 Å². The molecule has 0 saturated heterocycles. The number of rotatable bonds is 8. The molecule has 0 saturated carbocycles. The summed E-state index contributed by atoms with van der Waals surface area (Å²) >= 11 is 5.91. The molecule has 0 aliphatic carbocycles. The van der Waals surface area contributed by atoms with Crippen LogP contribution < -0.4 is 20.7 Å². The topological polar surface area (TPSA) is 113 Å². The predicted octanol–water partition coefficient (Wildman–Crippen LogP) is 3.07. The molecule has 0 fully saturated rings. The lowest BCUT2D eigenvalue weighted by Crippen LogP contribution is -2.39. The summed E-state index contributed by atoms with van der Waals surface area (Å²) in [6.45, 7) is -0.227. The molecular formula is C22H19ClF3N5O5. The van der Waals surface area contributed by atoms with E-state index in [0.29, 0.717) is 10.7 Å². The third-order valence-corrected chi connectivity index (χ3v) is 5.34. The Balaban J connectivity index is 1.82. The van der Waals surface area contributed by atoms with Gasteiger partial charge in [-0.3, -0.25) is 23.5 Å². The van der Waals surface area contributed by atoms with Gasteiger partial charge in [0.15, 0.2) is 11.2 Å². The molecule has 0 unspecified atom stereocenters. The van der Waals surface area contributed by atoms with Crippen molar-refractivity contribution in [1.82, 2.24) is 23.7 Å². The van der Waals surface area contributed by atoms with Crippen LogP contribution in [-0.2, 0) is 20.1 Å². The maximum Gasteiger partial charge on any atom is 0.573 e. The van der Waals surface area contributed by atoms with Crippen LogP contribution in [0.1, 0.15) is 12.1 Å². The SMILES string of the molecule is Cn1c(=O)n(CCCO)c(=O)c2c1nc(Oc1ccc(OC(F)(F)F)cc1)n2Cc1ccc(Cl)cn1. The third-order valence-electron chi connectivity index (χ3n) is 5.11. The van der Waals surface area contributed by atoms with E-state index in [1.54, 1.807) is 12.1 Å². The van der Waals surface area contributed by atoms with Crippen LogP contribution in [-0.4, -0.2) is 41.7 Å². The van der Waals surface area contributed by atoms with Gasteiger partial charge in [0, 0.05) is 26.4 Å². The number of imidazole rings is 1. The van der Waals surface area contributed by atoms with Crippen molar-refractivity contribution in [2.24, 2.45) is 7.05 Å². The fourth-order valence-electron chi connectivity index (χ4n) is 3.48. The van der Waals surface area contributed by atoms with Crippen LogP contribution in [0, 0.1) is 0 Å². The smallest absolute Gasteiger partial charge is 0.425 e. The monoisotopic (exact) mass is 525 g/mol. The number of aliphatic hydroxyl groups is 1. The van der Waals surface area contributed by atoms with E-state index in [1.165, 1.54) is 34.5 Å². The zero-order chi connectivity index (χ0) is 26.0. The zero-order valence-corrected chi connectivity index (χ0v) is 19.5. The van der Waals surface area contributed by atoms with Gasteiger partial charge in [-0.25, -0.2) is 4.79 Å². The number of hydrogen-bond donors (Lipinski definition) is 1. The van der Waals surface area contributed by atoms with Gasteiger partial charge in [0.25, 0.3) is 5.56 Å². The number of ether oxygens (including phenoxy) is 2. The summed E-state index contributed by atoms with van der Waals surface area (Å²) in [5.41, 5.74) is -0.708. The maximum atomic E-state index is 13.3. The lowest BCUT2D eigenvalue weighted by atomic mass is 10.3. The van der Waals surface area contributed by atoms with Crippen LogP contribution in [0.2, 0.25) is 5.02 Å². The Morgan fingerprint density at radius 2 is 1.75 bits per heavy atom. The number of alkyl halides is 3. The van der Waals surface area contributed by atoms with Gasteiger partial charge in [0.1, 0.15) is 11.5 Å². The second-order valence-corrected chi connectivity index (χ2v) is 8.05. The fraction of sp³-hybridized carbons (Fsp3) is 0.273. The molecular weight excluding hydrogens is 507 g/mol. The van der Waals surface area contributed by atoms with Gasteiger partial charge < -0.3 is 14.6 Å². The molecule has 10 nitrogen and oxygen atoms in total. The molecule has 1 aromatic carbocycles. The number of benzene rings is 1. The highest BCUT2D eigenvalue weighted by molar-refractivity contribution is 6.30. The first kappa shape index (κ1) is 25.3. The summed E-state index contributed by atoms with van der Waals surface area (Å²) < 4.78 is 50.6. The Labute approximate surface area is 205 Å². The summed E-state index contributed by atoms with van der Waals surface area (Å²) in [5.74, 6) is -0.335. The van der Waals surface area contributed by atoms with Crippen molar-refractivity contribution < 1.29 is 27.8 Å². The molecule has 190 valence electrons. The molecule has 4 rings (SSSR count). The van der Waals surface area contributed by atoms with Crippen molar-refractivity contribution in [1.29, 1.82) is 0 Å². The summed E-state index contributed by atoms with van der Waals surface area (Å²) in [6, 6.07) is 7.75. The van der Waals surface area contributed by atoms with Gasteiger partial charge in [-0.15, -0.1) is 13.2 Å². The number of pyridine rings is 1. The molecule has 0 atom stereocenters. The second kappa shape index (κ2) is 10.0. The van der Waals surface area contributed by atoms with Gasteiger partial charge >= 0.3 is 18.1 Å². The van der Waals surface area contributed by atoms with E-state index in [-0.39, 0.29) is 49.0 Å². The highest BCUT2D eigenvalue weighted by Crippen LogP contribution is 2.28. The quantitative estimate of drug-likeness (QED) is 0.376. The predicted molar refractivity (Wildman–Crippen MR) is 122 cm³/mol. The molecule has 0 aliphatic rings. The highest BCUT2D eigenvalue weighted by Gasteiger charge is 2.31. The number of aromatic nitrogens is 5. The molecule has 0 radical (unpaired) electrons. The molecule has 4 aromatic rings. The van der Waals surface area contributed by atoms with E-state index >= 15 is 0 Å². The Bertz CT molecular complexity index is 1500. The summed E-state index contributed by atoms with van der Waals surface area (Å²) in [5, 5.41) is 9.57. The van der Waals surface area contributed by atoms with E-state index in [2.05, 4.69) is 14.7 Å². The molecule has 0 amide bonds. The van der Waals surface area contributed by atoms with Crippen LogP contribution >= 0.6 is 11.6 Å². The van der Waals surface area contributed by atoms with Gasteiger partial charge in [0.05, 0.1) is 17.3 Å². The average Bonchev–Trinajstić information content (AvgIpc) is 3.17. The van der Waals surface area contributed by atoms with Crippen molar-refractivity contribution in [3.05, 3.63) is 74.1 Å². The molecule has 14 heteroatoms. The van der Waals surface area contributed by atoms with Crippen molar-refractivity contribution in [3.63, 3.8) is 0 Å². The largest absolute Gasteiger partial charge is 0.573 e. The summed E-state index contributed by atoms with van der Waals surface area (Å²) in [7, 11) is 1.44. The van der Waals surface area contributed by atoms with E-state index in [9.17, 15) is 22.8 Å². The standard InChI is InChI=1S/C22H19ClF3N5O5/c1-29-18-17(19(33)30(21(29)34)9-2-10-32)31(12-14-4-3-13(23)11-27-14)20(28-18)35-15-5-7-16(8-6-15)36-22(24,25)26/h3-8,11,32H,2,9-10,12H2,1H3. The van der Waals surface area contributed by atoms with Crippen LogP contribution in [0.4, 0.5) is 13.2 Å². The highest BCUT2D eigenvalue weighted by atomic mass is 35.5. The third kappa shape index (κ3) is 5.36. The lowest BCUT2D eigenvalue weighted by Gasteiger charge is -2.12. The van der Waals surface area contributed by atoms with Gasteiger partial charge in [0.2, 0.25) is 0 Å². The van der Waals surface area contributed by atoms with Crippen LogP contribution in [0.15, 0.2) is 52.2 Å². The molecule has 1 N–H and O–H groups in total. The van der Waals surface area contributed by atoms with Gasteiger partial charge in [-0.05, 0) is 42.8 Å². The Morgan fingerprint density at radius 3 is 2.36 bits per heavy atom. The van der Waals surface area contributed by atoms with E-state index in [1.807, 2.05) is 0 Å². The molecule has 36 heavy (non-hydrogen) atoms. The average molecular weight is 526 g/mol. The van der Waals surface area contributed by atoms with Crippen LogP contribution in [0.5, 0.6) is 17.5 Å². The number of aliphatic hydroxyl groups excluding tert-OH is 1. The van der Waals surface area contributed by atoms with Crippen molar-refractivity contribution in [2.45, 2.75) is 25.9 Å². The molecule has 0 aliphatic heterocycles. The Hall–Kier alpha value is -3.84. The Morgan fingerprint density at radius 1 is 1.06 bits per heavy atom. The maximum absolute atomic E-state index is 13.3. The second-order valence-electron chi connectivity index (χ2n) is 7.62. The Kier molecular flexibility index (Phi) is 7.04.